The number of nitrogens with zero attached hydrogens (tertiary/aromatic N) is 2. The van der Waals surface area contributed by atoms with Gasteiger partial charge in [0.2, 0.25) is 0 Å². The van der Waals surface area contributed by atoms with E-state index in [1.165, 1.54) is 24.4 Å². The standard InChI is InChI=1S/C28H23F2IN4O4/c29-18-5-1-16(2-6-18)13-24(26-32-15-23(33-26)21-10-7-19(31)14-22(21)30)35-27(37)25(34-28(35)38)17-3-8-20(9-4-17)39-12-11-36/h1-10,14-15,24-25,36H,11-13H2,(H,32,33)(H,34,38)/t24-,25?/m0/s1. The number of hydrogen-bond acceptors (Lipinski definition) is 5. The Bertz CT molecular complexity index is 1490. The summed E-state index contributed by atoms with van der Waals surface area (Å²) in [4.78, 5) is 35.4. The number of carbonyl (C=O) groups excluding carboxylic acids is 2. The normalized spacial score (nSPS) is 15.9. The molecule has 3 aromatic carbocycles. The summed E-state index contributed by atoms with van der Waals surface area (Å²) in [5.41, 5.74) is 1.92. The quantitative estimate of drug-likeness (QED) is 0.178. The number of aromatic nitrogens is 2. The molecule has 3 N–H and O–H groups in total. The van der Waals surface area contributed by atoms with Gasteiger partial charge in [0.25, 0.3) is 5.91 Å². The van der Waals surface area contributed by atoms with E-state index in [0.717, 1.165) is 8.47 Å². The SMILES string of the molecule is O=C1NC(c2ccc(OCCO)cc2)C(=O)N1[C@@H](Cc1ccc(F)cc1)c1ncc(-c2ccc(I)cc2F)[nH]1. The third-order valence-corrected chi connectivity index (χ3v) is 7.00. The van der Waals surface area contributed by atoms with E-state index >= 15 is 0 Å². The number of amides is 3. The summed E-state index contributed by atoms with van der Waals surface area (Å²) in [5.74, 6) is -0.542. The first-order chi connectivity index (χ1) is 18.8. The molecule has 1 aliphatic heterocycles. The van der Waals surface area contributed by atoms with Gasteiger partial charge < -0.3 is 20.1 Å². The van der Waals surface area contributed by atoms with Gasteiger partial charge in [0.1, 0.15) is 41.9 Å². The number of aliphatic hydroxyl groups is 1. The van der Waals surface area contributed by atoms with Gasteiger partial charge in [-0.3, -0.25) is 9.69 Å². The Kier molecular flexibility index (Phi) is 7.89. The second-order valence-corrected chi connectivity index (χ2v) is 10.1. The van der Waals surface area contributed by atoms with Gasteiger partial charge in [-0.15, -0.1) is 0 Å². The number of H-pyrrole nitrogens is 1. The number of imidazole rings is 1. The zero-order valence-electron chi connectivity index (χ0n) is 20.4. The third-order valence-electron chi connectivity index (χ3n) is 6.33. The average molecular weight is 644 g/mol. The lowest BCUT2D eigenvalue weighted by Gasteiger charge is -2.24. The van der Waals surface area contributed by atoms with Crippen molar-refractivity contribution < 1.29 is 28.2 Å². The Labute approximate surface area is 236 Å². The summed E-state index contributed by atoms with van der Waals surface area (Å²) in [6.07, 6.45) is 1.61. The predicted molar refractivity (Wildman–Crippen MR) is 147 cm³/mol. The summed E-state index contributed by atoms with van der Waals surface area (Å²) >= 11 is 2.02. The van der Waals surface area contributed by atoms with Gasteiger partial charge in [0.15, 0.2) is 0 Å². The van der Waals surface area contributed by atoms with Gasteiger partial charge in [-0.05, 0) is 76.2 Å². The fraction of sp³-hybridized carbons (Fsp3) is 0.179. The molecule has 1 aliphatic rings. The number of ether oxygens (including phenoxy) is 1. The van der Waals surface area contributed by atoms with Crippen molar-refractivity contribution in [2.45, 2.75) is 18.5 Å². The van der Waals surface area contributed by atoms with Gasteiger partial charge in [-0.1, -0.05) is 24.3 Å². The van der Waals surface area contributed by atoms with Crippen LogP contribution in [0.3, 0.4) is 0 Å². The molecule has 0 saturated carbocycles. The summed E-state index contributed by atoms with van der Waals surface area (Å²) in [5, 5.41) is 11.7. The number of urea groups is 1. The third kappa shape index (κ3) is 5.78. The topological polar surface area (TPSA) is 108 Å². The van der Waals surface area contributed by atoms with Crippen LogP contribution in [0.5, 0.6) is 5.75 Å². The summed E-state index contributed by atoms with van der Waals surface area (Å²) < 4.78 is 34.3. The van der Waals surface area contributed by atoms with E-state index in [1.807, 2.05) is 22.6 Å². The Morgan fingerprint density at radius 2 is 1.79 bits per heavy atom. The molecule has 0 spiro atoms. The van der Waals surface area contributed by atoms with E-state index in [-0.39, 0.29) is 25.5 Å². The zero-order chi connectivity index (χ0) is 27.5. The maximum absolute atomic E-state index is 14.7. The van der Waals surface area contributed by atoms with Crippen LogP contribution >= 0.6 is 22.6 Å². The number of nitrogens with one attached hydrogen (secondary N) is 2. The number of imide groups is 1. The van der Waals surface area contributed by atoms with Gasteiger partial charge in [0, 0.05) is 15.6 Å². The second kappa shape index (κ2) is 11.5. The molecule has 2 atom stereocenters. The van der Waals surface area contributed by atoms with Crippen LogP contribution in [0.25, 0.3) is 11.3 Å². The van der Waals surface area contributed by atoms with Gasteiger partial charge >= 0.3 is 6.03 Å². The molecule has 39 heavy (non-hydrogen) atoms. The average Bonchev–Trinajstić information content (AvgIpc) is 3.52. The maximum atomic E-state index is 14.7. The van der Waals surface area contributed by atoms with E-state index in [9.17, 15) is 18.4 Å². The summed E-state index contributed by atoms with van der Waals surface area (Å²) in [6.45, 7) is 0.00255. The molecule has 3 amide bonds. The summed E-state index contributed by atoms with van der Waals surface area (Å²) in [6, 6.07) is 14.7. The Balaban J connectivity index is 1.47. The predicted octanol–water partition coefficient (Wildman–Crippen LogP) is 4.91. The van der Waals surface area contributed by atoms with E-state index < -0.39 is 35.7 Å². The minimum atomic E-state index is -0.941. The minimum Gasteiger partial charge on any atom is -0.491 e. The fourth-order valence-corrected chi connectivity index (χ4v) is 4.89. The molecule has 0 radical (unpaired) electrons. The lowest BCUT2D eigenvalue weighted by molar-refractivity contribution is -0.129. The first-order valence-corrected chi connectivity index (χ1v) is 13.1. The highest BCUT2D eigenvalue weighted by Crippen LogP contribution is 2.33. The number of aliphatic hydroxyl groups excluding tert-OH is 1. The Hall–Kier alpha value is -3.84. The monoisotopic (exact) mass is 644 g/mol. The highest BCUT2D eigenvalue weighted by molar-refractivity contribution is 14.1. The molecule has 4 aromatic rings. The van der Waals surface area contributed by atoms with Crippen molar-refractivity contribution in [3.8, 4) is 17.0 Å². The van der Waals surface area contributed by atoms with Crippen LogP contribution in [0.4, 0.5) is 13.6 Å². The molecule has 1 unspecified atom stereocenters. The van der Waals surface area contributed by atoms with Crippen molar-refractivity contribution >= 4 is 34.5 Å². The minimum absolute atomic E-state index is 0.131. The fourth-order valence-electron chi connectivity index (χ4n) is 4.44. The molecule has 200 valence electrons. The zero-order valence-corrected chi connectivity index (χ0v) is 22.6. The lowest BCUT2D eigenvalue weighted by Crippen LogP contribution is -2.36. The molecule has 2 heterocycles. The lowest BCUT2D eigenvalue weighted by atomic mass is 10.0. The molecule has 0 aliphatic carbocycles. The molecular weight excluding hydrogens is 621 g/mol. The van der Waals surface area contributed by atoms with E-state index in [0.29, 0.717) is 28.1 Å². The highest BCUT2D eigenvalue weighted by Gasteiger charge is 2.44. The van der Waals surface area contributed by atoms with Crippen LogP contribution in [0.15, 0.2) is 72.9 Å². The van der Waals surface area contributed by atoms with Gasteiger partial charge in [-0.2, -0.15) is 0 Å². The smallest absolute Gasteiger partial charge is 0.325 e. The molecular formula is C28H23F2IN4O4. The van der Waals surface area contributed by atoms with Crippen LogP contribution in [-0.4, -0.2) is 45.1 Å². The van der Waals surface area contributed by atoms with Crippen LogP contribution in [-0.2, 0) is 11.2 Å². The van der Waals surface area contributed by atoms with Crippen LogP contribution in [0.1, 0.15) is 29.0 Å². The van der Waals surface area contributed by atoms with Crippen LogP contribution < -0.4 is 10.1 Å². The van der Waals surface area contributed by atoms with Crippen molar-refractivity contribution in [2.75, 3.05) is 13.2 Å². The Morgan fingerprint density at radius 1 is 1.05 bits per heavy atom. The maximum Gasteiger partial charge on any atom is 0.325 e. The number of benzene rings is 3. The molecule has 1 fully saturated rings. The number of halogens is 3. The van der Waals surface area contributed by atoms with Crippen molar-refractivity contribution in [2.24, 2.45) is 0 Å². The van der Waals surface area contributed by atoms with E-state index in [1.54, 1.807) is 48.5 Å². The molecule has 5 rings (SSSR count). The molecule has 0 bridgehead atoms. The molecule has 1 aromatic heterocycles. The highest BCUT2D eigenvalue weighted by atomic mass is 127. The molecule has 8 nitrogen and oxygen atoms in total. The first-order valence-electron chi connectivity index (χ1n) is 12.1. The molecule has 1 saturated heterocycles. The van der Waals surface area contributed by atoms with Crippen molar-refractivity contribution in [1.82, 2.24) is 20.2 Å². The Morgan fingerprint density at radius 3 is 2.49 bits per heavy atom. The van der Waals surface area contributed by atoms with Crippen molar-refractivity contribution in [3.05, 3.63) is 105 Å². The first kappa shape index (κ1) is 26.8. The van der Waals surface area contributed by atoms with Crippen molar-refractivity contribution in [1.29, 1.82) is 0 Å². The van der Waals surface area contributed by atoms with Crippen LogP contribution in [0, 0.1) is 15.2 Å². The van der Waals surface area contributed by atoms with Crippen molar-refractivity contribution in [3.63, 3.8) is 0 Å². The number of carbonyl (C=O) groups is 2. The van der Waals surface area contributed by atoms with Crippen LogP contribution in [0.2, 0.25) is 0 Å². The van der Waals surface area contributed by atoms with E-state index in [2.05, 4.69) is 15.3 Å². The second-order valence-electron chi connectivity index (χ2n) is 8.88. The molecule has 11 heteroatoms. The number of rotatable bonds is 9. The largest absolute Gasteiger partial charge is 0.491 e. The van der Waals surface area contributed by atoms with E-state index in [4.69, 9.17) is 9.84 Å². The summed E-state index contributed by atoms with van der Waals surface area (Å²) in [7, 11) is 0. The van der Waals surface area contributed by atoms with Gasteiger partial charge in [-0.25, -0.2) is 18.6 Å². The number of hydrogen-bond donors (Lipinski definition) is 3. The van der Waals surface area contributed by atoms with Gasteiger partial charge in [0.05, 0.1) is 18.5 Å². The number of aromatic amines is 1.